The molecule has 3 saturated carbocycles. The predicted molar refractivity (Wildman–Crippen MR) is 129 cm³/mol. The molecule has 176 valence electrons. The lowest BCUT2D eigenvalue weighted by Crippen LogP contribution is -2.51. The van der Waals surface area contributed by atoms with Crippen LogP contribution in [-0.4, -0.2) is 12.1 Å². The predicted octanol–water partition coefficient (Wildman–Crippen LogP) is 7.96. The minimum Gasteiger partial charge on any atom is -0.462 e. The molecule has 0 amide bonds. The second kappa shape index (κ2) is 8.86. The van der Waals surface area contributed by atoms with Crippen LogP contribution in [-0.2, 0) is 9.53 Å². The highest BCUT2D eigenvalue weighted by Gasteiger charge is 2.59. The summed E-state index contributed by atoms with van der Waals surface area (Å²) in [5.74, 6) is 5.19. The van der Waals surface area contributed by atoms with Crippen molar-refractivity contribution < 1.29 is 9.53 Å². The third kappa shape index (κ3) is 4.26. The van der Waals surface area contributed by atoms with Gasteiger partial charge in [0.1, 0.15) is 6.10 Å². The minimum atomic E-state index is -0.115. The molecule has 0 heterocycles. The summed E-state index contributed by atoms with van der Waals surface area (Å²) in [5.41, 5.74) is 2.53. The van der Waals surface area contributed by atoms with E-state index in [2.05, 4.69) is 40.7 Å². The lowest BCUT2D eigenvalue weighted by Gasteiger charge is -2.58. The maximum atomic E-state index is 11.5. The second-order valence-electron chi connectivity index (χ2n) is 12.8. The molecule has 3 fully saturated rings. The Labute approximate surface area is 192 Å². The quantitative estimate of drug-likeness (QED) is 0.317. The van der Waals surface area contributed by atoms with Crippen LogP contribution in [0.5, 0.6) is 0 Å². The summed E-state index contributed by atoms with van der Waals surface area (Å²) < 4.78 is 5.61. The van der Waals surface area contributed by atoms with Crippen molar-refractivity contribution >= 4 is 5.97 Å². The fourth-order valence-electron chi connectivity index (χ4n) is 8.99. The standard InChI is InChI=1S/C29H48O2/c1-19(2)8-7-9-20(3)25-12-13-26-24-11-10-22-18-23(31-21(4)30)14-16-28(22,5)27(24)15-17-29(25,26)6/h10,19-20,23-27H,7-9,11-18H2,1-6H3/t20-,23-,24-,25+,26-,27-,28-,29+/m0/s1. The van der Waals surface area contributed by atoms with Crippen LogP contribution in [0.3, 0.4) is 0 Å². The Balaban J connectivity index is 1.47. The highest BCUT2D eigenvalue weighted by Crippen LogP contribution is 2.67. The van der Waals surface area contributed by atoms with Crippen LogP contribution in [0.25, 0.3) is 0 Å². The molecular formula is C29H48O2. The maximum absolute atomic E-state index is 11.5. The first-order valence-electron chi connectivity index (χ1n) is 13.5. The molecule has 0 aromatic rings. The first kappa shape index (κ1) is 23.4. The Kier molecular flexibility index (Phi) is 6.68. The Morgan fingerprint density at radius 2 is 1.84 bits per heavy atom. The summed E-state index contributed by atoms with van der Waals surface area (Å²) in [6.45, 7) is 14.1. The van der Waals surface area contributed by atoms with E-state index in [-0.39, 0.29) is 12.1 Å². The molecule has 0 aliphatic heterocycles. The molecule has 0 N–H and O–H groups in total. The lowest BCUT2D eigenvalue weighted by molar-refractivity contribution is -0.148. The van der Waals surface area contributed by atoms with Gasteiger partial charge in [0.05, 0.1) is 0 Å². The first-order chi connectivity index (χ1) is 14.6. The van der Waals surface area contributed by atoms with Gasteiger partial charge in [-0.1, -0.05) is 65.5 Å². The number of hydrogen-bond donors (Lipinski definition) is 0. The van der Waals surface area contributed by atoms with Crippen molar-refractivity contribution in [1.82, 2.24) is 0 Å². The number of carbonyl (C=O) groups excluding carboxylic acids is 1. The Morgan fingerprint density at radius 3 is 2.55 bits per heavy atom. The van der Waals surface area contributed by atoms with Crippen LogP contribution in [0.15, 0.2) is 11.6 Å². The van der Waals surface area contributed by atoms with Gasteiger partial charge in [-0.05, 0) is 91.3 Å². The third-order valence-electron chi connectivity index (χ3n) is 10.6. The molecule has 0 aromatic heterocycles. The van der Waals surface area contributed by atoms with Gasteiger partial charge in [0.15, 0.2) is 0 Å². The smallest absolute Gasteiger partial charge is 0.302 e. The van der Waals surface area contributed by atoms with E-state index in [0.717, 1.165) is 48.3 Å². The number of ether oxygens (including phenoxy) is 1. The van der Waals surface area contributed by atoms with E-state index < -0.39 is 0 Å². The van der Waals surface area contributed by atoms with Crippen LogP contribution in [0, 0.1) is 46.3 Å². The van der Waals surface area contributed by atoms with Gasteiger partial charge in [-0.2, -0.15) is 0 Å². The summed E-state index contributed by atoms with van der Waals surface area (Å²) in [6.07, 6.45) is 17.2. The Bertz CT molecular complexity index is 693. The fourth-order valence-corrected chi connectivity index (χ4v) is 8.99. The van der Waals surface area contributed by atoms with Gasteiger partial charge in [-0.15, -0.1) is 0 Å². The molecule has 0 aromatic carbocycles. The number of esters is 1. The molecule has 0 bridgehead atoms. The van der Waals surface area contributed by atoms with E-state index in [1.54, 1.807) is 12.5 Å². The molecule has 4 aliphatic carbocycles. The molecule has 2 nitrogen and oxygen atoms in total. The van der Waals surface area contributed by atoms with Crippen molar-refractivity contribution in [1.29, 1.82) is 0 Å². The number of rotatable bonds is 6. The number of fused-ring (bicyclic) bond motifs is 5. The lowest BCUT2D eigenvalue weighted by atomic mass is 9.47. The van der Waals surface area contributed by atoms with E-state index >= 15 is 0 Å². The SMILES string of the molecule is CC(=O)O[C@H]1CC[C@@]2(C)C(=CC[C@H]3[C@@H]4CC[C@H]([C@@H](C)CCCC(C)C)[C@@]4(C)CC[C@@H]32)C1. The van der Waals surface area contributed by atoms with Gasteiger partial charge in [-0.25, -0.2) is 0 Å². The average Bonchev–Trinajstić information content (AvgIpc) is 3.05. The molecule has 0 spiro atoms. The normalized spacial score (nSPS) is 42.9. The van der Waals surface area contributed by atoms with Gasteiger partial charge in [0.25, 0.3) is 0 Å². The summed E-state index contributed by atoms with van der Waals surface area (Å²) in [7, 11) is 0. The van der Waals surface area contributed by atoms with E-state index in [9.17, 15) is 4.79 Å². The molecular weight excluding hydrogens is 380 g/mol. The Hall–Kier alpha value is -0.790. The van der Waals surface area contributed by atoms with Crippen LogP contribution in [0.2, 0.25) is 0 Å². The highest BCUT2D eigenvalue weighted by atomic mass is 16.5. The van der Waals surface area contributed by atoms with Gasteiger partial charge in [0.2, 0.25) is 0 Å². The van der Waals surface area contributed by atoms with Gasteiger partial charge >= 0.3 is 5.97 Å². The van der Waals surface area contributed by atoms with Gasteiger partial charge in [-0.3, -0.25) is 4.79 Å². The van der Waals surface area contributed by atoms with E-state index in [0.29, 0.717) is 10.8 Å². The molecule has 4 aliphatic rings. The van der Waals surface area contributed by atoms with Crippen molar-refractivity contribution in [3.05, 3.63) is 11.6 Å². The van der Waals surface area contributed by atoms with Crippen molar-refractivity contribution in [3.8, 4) is 0 Å². The largest absolute Gasteiger partial charge is 0.462 e. The van der Waals surface area contributed by atoms with Gasteiger partial charge < -0.3 is 4.74 Å². The summed E-state index contributed by atoms with van der Waals surface area (Å²) in [6, 6.07) is 0. The zero-order chi connectivity index (χ0) is 22.4. The summed E-state index contributed by atoms with van der Waals surface area (Å²) >= 11 is 0. The highest BCUT2D eigenvalue weighted by molar-refractivity contribution is 5.66. The number of carbonyl (C=O) groups is 1. The van der Waals surface area contributed by atoms with Crippen molar-refractivity contribution in [2.75, 3.05) is 0 Å². The molecule has 8 atom stereocenters. The molecule has 0 radical (unpaired) electrons. The van der Waals surface area contributed by atoms with Crippen LogP contribution in [0.4, 0.5) is 0 Å². The van der Waals surface area contributed by atoms with E-state index in [4.69, 9.17) is 4.74 Å². The van der Waals surface area contributed by atoms with Crippen LogP contribution in [0.1, 0.15) is 112 Å². The molecule has 2 heteroatoms. The average molecular weight is 429 g/mol. The zero-order valence-electron chi connectivity index (χ0n) is 21.2. The summed E-state index contributed by atoms with van der Waals surface area (Å²) in [5, 5.41) is 0. The van der Waals surface area contributed by atoms with E-state index in [1.165, 1.54) is 57.8 Å². The first-order valence-corrected chi connectivity index (χ1v) is 13.5. The molecule has 0 unspecified atom stereocenters. The molecule has 31 heavy (non-hydrogen) atoms. The van der Waals surface area contributed by atoms with Crippen molar-refractivity contribution in [2.45, 2.75) is 118 Å². The maximum Gasteiger partial charge on any atom is 0.302 e. The third-order valence-corrected chi connectivity index (χ3v) is 10.6. The fraction of sp³-hybridized carbons (Fsp3) is 0.897. The van der Waals surface area contributed by atoms with Crippen LogP contribution < -0.4 is 0 Å². The number of allylic oxidation sites excluding steroid dienone is 1. The molecule has 0 saturated heterocycles. The second-order valence-corrected chi connectivity index (χ2v) is 12.8. The molecule has 4 rings (SSSR count). The topological polar surface area (TPSA) is 26.3 Å². The van der Waals surface area contributed by atoms with Gasteiger partial charge in [0, 0.05) is 13.3 Å². The summed E-state index contributed by atoms with van der Waals surface area (Å²) in [4.78, 5) is 11.5. The van der Waals surface area contributed by atoms with Crippen molar-refractivity contribution in [2.24, 2.45) is 46.3 Å². The van der Waals surface area contributed by atoms with Crippen molar-refractivity contribution in [3.63, 3.8) is 0 Å². The minimum absolute atomic E-state index is 0.115. The zero-order valence-corrected chi connectivity index (χ0v) is 21.2. The Morgan fingerprint density at radius 1 is 1.06 bits per heavy atom. The number of hydrogen-bond acceptors (Lipinski definition) is 2. The van der Waals surface area contributed by atoms with Crippen LogP contribution >= 0.6 is 0 Å². The monoisotopic (exact) mass is 428 g/mol. The van der Waals surface area contributed by atoms with E-state index in [1.807, 2.05) is 0 Å².